The van der Waals surface area contributed by atoms with Gasteiger partial charge in [-0.3, -0.25) is 0 Å². The average Bonchev–Trinajstić information content (AvgIpc) is 3.09. The van der Waals surface area contributed by atoms with E-state index in [0.717, 1.165) is 43.7 Å². The molecule has 3 atom stereocenters. The molecule has 1 saturated heterocycles. The molecule has 3 unspecified atom stereocenters. The molecule has 2 fully saturated rings. The molecule has 172 valence electrons. The summed E-state index contributed by atoms with van der Waals surface area (Å²) in [6.07, 6.45) is 3.87. The van der Waals surface area contributed by atoms with Crippen molar-refractivity contribution in [3.05, 3.63) is 52.0 Å². The second kappa shape index (κ2) is 9.38. The third kappa shape index (κ3) is 4.49. The third-order valence-corrected chi connectivity index (χ3v) is 7.38. The van der Waals surface area contributed by atoms with Crippen molar-refractivity contribution in [2.24, 2.45) is 0 Å². The minimum absolute atomic E-state index is 0.0451. The van der Waals surface area contributed by atoms with Gasteiger partial charge in [-0.15, -0.1) is 0 Å². The SMILES string of the molecule is COc1ccc(C23CCC(NC(=O)Nc4cc(Cl)cc(Cl)c4)CC2N(C)CC3)cc1OC. The minimum atomic E-state index is -0.243. The van der Waals surface area contributed by atoms with Gasteiger partial charge < -0.3 is 25.0 Å². The fourth-order valence-corrected chi connectivity index (χ4v) is 5.90. The van der Waals surface area contributed by atoms with E-state index < -0.39 is 0 Å². The number of hydrogen-bond acceptors (Lipinski definition) is 4. The number of likely N-dealkylation sites (tertiary alicyclic amines) is 1. The monoisotopic (exact) mass is 477 g/mol. The molecular formula is C24H29Cl2N3O3. The summed E-state index contributed by atoms with van der Waals surface area (Å²) in [5, 5.41) is 6.96. The number of hydrogen-bond donors (Lipinski definition) is 2. The Kier molecular flexibility index (Phi) is 6.75. The molecule has 1 saturated carbocycles. The van der Waals surface area contributed by atoms with E-state index in [4.69, 9.17) is 32.7 Å². The van der Waals surface area contributed by atoms with Gasteiger partial charge >= 0.3 is 6.03 Å². The number of carbonyl (C=O) groups excluding carboxylic acids is 1. The molecule has 1 aliphatic heterocycles. The van der Waals surface area contributed by atoms with E-state index in [0.29, 0.717) is 21.8 Å². The maximum absolute atomic E-state index is 12.6. The highest BCUT2D eigenvalue weighted by molar-refractivity contribution is 6.35. The van der Waals surface area contributed by atoms with E-state index in [1.807, 2.05) is 6.07 Å². The number of rotatable bonds is 5. The van der Waals surface area contributed by atoms with Crippen molar-refractivity contribution in [3.8, 4) is 11.5 Å². The van der Waals surface area contributed by atoms with Crippen LogP contribution in [0.1, 0.15) is 31.2 Å². The summed E-state index contributed by atoms with van der Waals surface area (Å²) in [6, 6.07) is 11.5. The predicted octanol–water partition coefficient (Wildman–Crippen LogP) is 5.33. The molecule has 2 aromatic carbocycles. The zero-order chi connectivity index (χ0) is 22.9. The summed E-state index contributed by atoms with van der Waals surface area (Å²) in [7, 11) is 5.49. The summed E-state index contributed by atoms with van der Waals surface area (Å²) in [6.45, 7) is 1.03. The van der Waals surface area contributed by atoms with Crippen LogP contribution in [0.15, 0.2) is 36.4 Å². The number of methoxy groups -OCH3 is 2. The lowest BCUT2D eigenvalue weighted by molar-refractivity contribution is 0.156. The van der Waals surface area contributed by atoms with Crippen molar-refractivity contribution in [3.63, 3.8) is 0 Å². The Morgan fingerprint density at radius 1 is 1.06 bits per heavy atom. The molecule has 8 heteroatoms. The van der Waals surface area contributed by atoms with Crippen LogP contribution in [0.2, 0.25) is 10.0 Å². The summed E-state index contributed by atoms with van der Waals surface area (Å²) < 4.78 is 11.0. The van der Waals surface area contributed by atoms with Gasteiger partial charge in [0, 0.05) is 33.2 Å². The second-order valence-electron chi connectivity index (χ2n) is 8.70. The lowest BCUT2D eigenvalue weighted by atomic mass is 9.65. The number of amides is 2. The molecule has 0 spiro atoms. The van der Waals surface area contributed by atoms with Crippen LogP contribution in [0, 0.1) is 0 Å². The Labute approximate surface area is 199 Å². The minimum Gasteiger partial charge on any atom is -0.493 e. The van der Waals surface area contributed by atoms with Gasteiger partial charge in [0.25, 0.3) is 0 Å². The normalized spacial score (nSPS) is 25.2. The second-order valence-corrected chi connectivity index (χ2v) is 9.57. The molecule has 2 amide bonds. The number of benzene rings is 2. The Morgan fingerprint density at radius 3 is 2.47 bits per heavy atom. The van der Waals surface area contributed by atoms with E-state index in [1.165, 1.54) is 5.56 Å². The van der Waals surface area contributed by atoms with Crippen molar-refractivity contribution in [2.45, 2.75) is 43.2 Å². The van der Waals surface area contributed by atoms with Crippen molar-refractivity contribution >= 4 is 34.9 Å². The molecule has 32 heavy (non-hydrogen) atoms. The largest absolute Gasteiger partial charge is 0.493 e. The first kappa shape index (κ1) is 23.0. The molecule has 2 aromatic rings. The smallest absolute Gasteiger partial charge is 0.319 e. The summed E-state index contributed by atoms with van der Waals surface area (Å²) in [4.78, 5) is 15.0. The van der Waals surface area contributed by atoms with Crippen LogP contribution in [0.5, 0.6) is 11.5 Å². The fourth-order valence-electron chi connectivity index (χ4n) is 5.37. The van der Waals surface area contributed by atoms with Crippen LogP contribution >= 0.6 is 23.2 Å². The maximum atomic E-state index is 12.6. The highest BCUT2D eigenvalue weighted by Crippen LogP contribution is 2.49. The first-order valence-electron chi connectivity index (χ1n) is 10.8. The lowest BCUT2D eigenvalue weighted by Gasteiger charge is -2.45. The van der Waals surface area contributed by atoms with Gasteiger partial charge in [0.1, 0.15) is 0 Å². The van der Waals surface area contributed by atoms with Gasteiger partial charge in [-0.1, -0.05) is 29.3 Å². The van der Waals surface area contributed by atoms with Crippen LogP contribution in [0.4, 0.5) is 10.5 Å². The molecule has 0 bridgehead atoms. The Hall–Kier alpha value is -2.15. The fraction of sp³-hybridized carbons (Fsp3) is 0.458. The van der Waals surface area contributed by atoms with Crippen molar-refractivity contribution in [2.75, 3.05) is 33.1 Å². The van der Waals surface area contributed by atoms with Crippen molar-refractivity contribution in [1.82, 2.24) is 10.2 Å². The van der Waals surface area contributed by atoms with Crippen LogP contribution in [0.25, 0.3) is 0 Å². The molecule has 4 rings (SSSR count). The molecule has 0 radical (unpaired) electrons. The first-order valence-corrected chi connectivity index (χ1v) is 11.6. The van der Waals surface area contributed by atoms with Crippen LogP contribution in [0.3, 0.4) is 0 Å². The zero-order valence-corrected chi connectivity index (χ0v) is 20.1. The number of anilines is 1. The van der Waals surface area contributed by atoms with Crippen molar-refractivity contribution < 1.29 is 14.3 Å². The summed E-state index contributed by atoms with van der Waals surface area (Å²) in [5.74, 6) is 1.50. The van der Waals surface area contributed by atoms with Crippen LogP contribution < -0.4 is 20.1 Å². The van der Waals surface area contributed by atoms with E-state index in [-0.39, 0.29) is 17.5 Å². The number of ether oxygens (including phenoxy) is 2. The molecule has 6 nitrogen and oxygen atoms in total. The first-order chi connectivity index (χ1) is 15.3. The zero-order valence-electron chi connectivity index (χ0n) is 18.6. The van der Waals surface area contributed by atoms with Gasteiger partial charge in [-0.05, 0) is 75.2 Å². The molecule has 1 aliphatic carbocycles. The van der Waals surface area contributed by atoms with E-state index in [1.54, 1.807) is 32.4 Å². The topological polar surface area (TPSA) is 62.8 Å². The quantitative estimate of drug-likeness (QED) is 0.610. The Balaban J connectivity index is 1.48. The summed E-state index contributed by atoms with van der Waals surface area (Å²) in [5.41, 5.74) is 1.90. The van der Waals surface area contributed by atoms with Gasteiger partial charge in [-0.2, -0.15) is 0 Å². The number of carbonyl (C=O) groups is 1. The van der Waals surface area contributed by atoms with E-state index in [2.05, 4.69) is 34.7 Å². The van der Waals surface area contributed by atoms with Crippen LogP contribution in [-0.2, 0) is 5.41 Å². The maximum Gasteiger partial charge on any atom is 0.319 e. The standard InChI is InChI=1S/C24H29Cl2N3O3/c1-29-9-8-24(15-4-5-20(31-2)21(10-15)32-3)7-6-18(14-22(24)29)27-23(30)28-19-12-16(25)11-17(26)13-19/h4-5,10-13,18,22H,6-9,14H2,1-3H3,(H2,27,28,30). The number of fused-ring (bicyclic) bond motifs is 1. The molecule has 2 aliphatic rings. The number of urea groups is 1. The summed E-state index contributed by atoms with van der Waals surface area (Å²) >= 11 is 12.1. The van der Waals surface area contributed by atoms with Gasteiger partial charge in [0.05, 0.1) is 14.2 Å². The van der Waals surface area contributed by atoms with Gasteiger partial charge in [-0.25, -0.2) is 4.79 Å². The van der Waals surface area contributed by atoms with E-state index >= 15 is 0 Å². The number of nitrogens with one attached hydrogen (secondary N) is 2. The molecule has 1 heterocycles. The number of nitrogens with zero attached hydrogens (tertiary/aromatic N) is 1. The Bertz CT molecular complexity index is 982. The Morgan fingerprint density at radius 2 is 1.78 bits per heavy atom. The predicted molar refractivity (Wildman–Crippen MR) is 129 cm³/mol. The third-order valence-electron chi connectivity index (χ3n) is 6.94. The van der Waals surface area contributed by atoms with Gasteiger partial charge in [0.2, 0.25) is 0 Å². The van der Waals surface area contributed by atoms with Gasteiger partial charge in [0.15, 0.2) is 11.5 Å². The molecular weight excluding hydrogens is 449 g/mol. The lowest BCUT2D eigenvalue weighted by Crippen LogP contribution is -2.52. The number of likely N-dealkylation sites (N-methyl/N-ethyl adjacent to an activating group) is 1. The average molecular weight is 478 g/mol. The van der Waals surface area contributed by atoms with Crippen molar-refractivity contribution in [1.29, 1.82) is 0 Å². The molecule has 2 N–H and O–H groups in total. The van der Waals surface area contributed by atoms with E-state index in [9.17, 15) is 4.79 Å². The number of halogens is 2. The van der Waals surface area contributed by atoms with Crippen LogP contribution in [-0.4, -0.2) is 50.8 Å². The molecule has 0 aromatic heterocycles. The highest BCUT2D eigenvalue weighted by Gasteiger charge is 2.50. The highest BCUT2D eigenvalue weighted by atomic mass is 35.5.